The van der Waals surface area contributed by atoms with Crippen molar-refractivity contribution in [3.8, 4) is 0 Å². The van der Waals surface area contributed by atoms with Crippen LogP contribution < -0.4 is 5.32 Å². The number of nitrogens with one attached hydrogen (secondary N) is 1. The molecule has 0 radical (unpaired) electrons. The van der Waals surface area contributed by atoms with Crippen LogP contribution in [0.5, 0.6) is 0 Å². The Morgan fingerprint density at radius 2 is 1.94 bits per heavy atom. The van der Waals surface area contributed by atoms with Crippen molar-refractivity contribution in [1.82, 2.24) is 5.32 Å². The maximum absolute atomic E-state index is 4.67. The summed E-state index contributed by atoms with van der Waals surface area (Å²) in [6.45, 7) is 5.26. The van der Waals surface area contributed by atoms with Crippen molar-refractivity contribution >= 4 is 29.3 Å². The highest BCUT2D eigenvalue weighted by Gasteiger charge is 2.20. The highest BCUT2D eigenvalue weighted by molar-refractivity contribution is 8.13. The molecule has 1 unspecified atom stereocenters. The van der Waals surface area contributed by atoms with Gasteiger partial charge in [-0.2, -0.15) is 0 Å². The van der Waals surface area contributed by atoms with E-state index in [0.29, 0.717) is 6.04 Å². The molecule has 1 atom stereocenters. The molecule has 2 nitrogen and oxygen atoms in total. The zero-order chi connectivity index (χ0) is 10.8. The zero-order valence-electron chi connectivity index (χ0n) is 9.78. The molecule has 0 spiro atoms. The second kappa shape index (κ2) is 5.60. The van der Waals surface area contributed by atoms with Gasteiger partial charge < -0.3 is 5.32 Å². The van der Waals surface area contributed by atoms with Gasteiger partial charge in [0.2, 0.25) is 0 Å². The van der Waals surface area contributed by atoms with E-state index in [1.807, 2.05) is 0 Å². The first-order chi connectivity index (χ1) is 7.22. The molecule has 16 heavy (non-hydrogen) atoms. The third kappa shape index (κ3) is 2.53. The minimum absolute atomic E-state index is 0. The molecule has 0 saturated carbocycles. The van der Waals surface area contributed by atoms with Gasteiger partial charge in [0.25, 0.3) is 0 Å². The van der Waals surface area contributed by atoms with E-state index in [1.54, 1.807) is 11.8 Å². The van der Waals surface area contributed by atoms with Gasteiger partial charge in [-0.05, 0) is 36.8 Å². The SMILES string of the molecule is CSC1=NC(c2c(C)cccc2C)CN1.Cl. The Morgan fingerprint density at radius 1 is 1.31 bits per heavy atom. The van der Waals surface area contributed by atoms with Crippen LogP contribution in [0.25, 0.3) is 0 Å². The molecular formula is C12H17ClN2S. The molecule has 1 aromatic rings. The summed E-state index contributed by atoms with van der Waals surface area (Å²) in [7, 11) is 0. The number of benzene rings is 1. The first kappa shape index (κ1) is 13.4. The van der Waals surface area contributed by atoms with Crippen LogP contribution in [0.1, 0.15) is 22.7 Å². The molecule has 0 aliphatic carbocycles. The van der Waals surface area contributed by atoms with Gasteiger partial charge in [-0.1, -0.05) is 30.0 Å². The van der Waals surface area contributed by atoms with E-state index in [4.69, 9.17) is 0 Å². The second-order valence-corrected chi connectivity index (χ2v) is 4.64. The van der Waals surface area contributed by atoms with E-state index in [-0.39, 0.29) is 12.4 Å². The summed E-state index contributed by atoms with van der Waals surface area (Å²) in [5.74, 6) is 0. The average Bonchev–Trinajstić information content (AvgIpc) is 2.66. The summed E-state index contributed by atoms with van der Waals surface area (Å²) in [5, 5.41) is 4.38. The molecule has 2 rings (SSSR count). The molecule has 0 fully saturated rings. The summed E-state index contributed by atoms with van der Waals surface area (Å²) in [4.78, 5) is 4.67. The third-order valence-electron chi connectivity index (χ3n) is 2.79. The fourth-order valence-corrected chi connectivity index (χ4v) is 2.52. The van der Waals surface area contributed by atoms with Gasteiger partial charge in [0, 0.05) is 6.54 Å². The lowest BCUT2D eigenvalue weighted by Crippen LogP contribution is -2.16. The zero-order valence-corrected chi connectivity index (χ0v) is 11.4. The molecule has 0 amide bonds. The van der Waals surface area contributed by atoms with Crippen molar-refractivity contribution in [3.63, 3.8) is 0 Å². The van der Waals surface area contributed by atoms with Crippen LogP contribution in [0.2, 0.25) is 0 Å². The van der Waals surface area contributed by atoms with Crippen LogP contribution >= 0.6 is 24.2 Å². The van der Waals surface area contributed by atoms with E-state index in [9.17, 15) is 0 Å². The molecule has 1 aliphatic rings. The number of thioether (sulfide) groups is 1. The lowest BCUT2D eigenvalue weighted by Gasteiger charge is -2.13. The van der Waals surface area contributed by atoms with Gasteiger partial charge in [-0.3, -0.25) is 4.99 Å². The minimum Gasteiger partial charge on any atom is -0.362 e. The predicted molar refractivity (Wildman–Crippen MR) is 74.9 cm³/mol. The normalized spacial score (nSPS) is 18.7. The fourth-order valence-electron chi connectivity index (χ4n) is 2.06. The van der Waals surface area contributed by atoms with E-state index < -0.39 is 0 Å². The summed E-state index contributed by atoms with van der Waals surface area (Å²) in [6, 6.07) is 6.73. The summed E-state index contributed by atoms with van der Waals surface area (Å²) in [5.41, 5.74) is 4.06. The van der Waals surface area contributed by atoms with E-state index >= 15 is 0 Å². The Hall–Kier alpha value is -0.670. The number of rotatable bonds is 1. The Kier molecular flexibility index (Phi) is 4.69. The van der Waals surface area contributed by atoms with E-state index in [0.717, 1.165) is 11.7 Å². The molecule has 4 heteroatoms. The number of aliphatic imine (C=N–C) groups is 1. The van der Waals surface area contributed by atoms with Crippen molar-refractivity contribution in [3.05, 3.63) is 34.9 Å². The van der Waals surface area contributed by atoms with Gasteiger partial charge >= 0.3 is 0 Å². The Labute approximate surface area is 107 Å². The van der Waals surface area contributed by atoms with Gasteiger partial charge in [0.05, 0.1) is 6.04 Å². The topological polar surface area (TPSA) is 24.4 Å². The van der Waals surface area contributed by atoms with Crippen molar-refractivity contribution in [2.24, 2.45) is 4.99 Å². The number of hydrogen-bond donors (Lipinski definition) is 1. The minimum atomic E-state index is 0. The molecule has 0 saturated heterocycles. The summed E-state index contributed by atoms with van der Waals surface area (Å²) >= 11 is 1.68. The van der Waals surface area contributed by atoms with Crippen LogP contribution in [0.15, 0.2) is 23.2 Å². The maximum Gasteiger partial charge on any atom is 0.157 e. The van der Waals surface area contributed by atoms with Crippen LogP contribution in [0.4, 0.5) is 0 Å². The number of halogens is 1. The molecule has 1 aromatic carbocycles. The van der Waals surface area contributed by atoms with Crippen LogP contribution in [0.3, 0.4) is 0 Å². The number of hydrogen-bond acceptors (Lipinski definition) is 3. The highest BCUT2D eigenvalue weighted by Crippen LogP contribution is 2.27. The monoisotopic (exact) mass is 256 g/mol. The fraction of sp³-hybridized carbons (Fsp3) is 0.417. The van der Waals surface area contributed by atoms with Crippen molar-refractivity contribution in [2.75, 3.05) is 12.8 Å². The lowest BCUT2D eigenvalue weighted by molar-refractivity contribution is 0.740. The van der Waals surface area contributed by atoms with Gasteiger partial charge in [0.1, 0.15) is 0 Å². The quantitative estimate of drug-likeness (QED) is 0.835. The first-order valence-electron chi connectivity index (χ1n) is 5.14. The summed E-state index contributed by atoms with van der Waals surface area (Å²) in [6.07, 6.45) is 2.05. The summed E-state index contributed by atoms with van der Waals surface area (Å²) < 4.78 is 0. The molecular weight excluding hydrogens is 240 g/mol. The van der Waals surface area contributed by atoms with Crippen LogP contribution in [-0.4, -0.2) is 18.0 Å². The Bertz CT molecular complexity index is 384. The number of aryl methyl sites for hydroxylation is 2. The van der Waals surface area contributed by atoms with Crippen molar-refractivity contribution < 1.29 is 0 Å². The second-order valence-electron chi connectivity index (χ2n) is 3.84. The van der Waals surface area contributed by atoms with Gasteiger partial charge in [-0.25, -0.2) is 0 Å². The number of nitrogens with zero attached hydrogens (tertiary/aromatic N) is 1. The predicted octanol–water partition coefficient (Wildman–Crippen LogP) is 3.09. The number of amidine groups is 1. The standard InChI is InChI=1S/C12H16N2S.ClH/c1-8-5-4-6-9(2)11(8)10-7-13-12(14-10)15-3;/h4-6,10H,7H2,1-3H3,(H,13,14);1H. The smallest absolute Gasteiger partial charge is 0.157 e. The highest BCUT2D eigenvalue weighted by atomic mass is 35.5. The Morgan fingerprint density at radius 3 is 2.44 bits per heavy atom. The molecule has 1 aliphatic heterocycles. The van der Waals surface area contributed by atoms with Crippen molar-refractivity contribution in [2.45, 2.75) is 19.9 Å². The van der Waals surface area contributed by atoms with Gasteiger partial charge in [-0.15, -0.1) is 12.4 Å². The van der Waals surface area contributed by atoms with E-state index in [1.165, 1.54) is 16.7 Å². The van der Waals surface area contributed by atoms with E-state index in [2.05, 4.69) is 48.6 Å². The lowest BCUT2D eigenvalue weighted by atomic mass is 9.97. The average molecular weight is 257 g/mol. The van der Waals surface area contributed by atoms with Crippen LogP contribution in [-0.2, 0) is 0 Å². The molecule has 1 heterocycles. The molecule has 0 bridgehead atoms. The third-order valence-corrected chi connectivity index (χ3v) is 3.42. The largest absolute Gasteiger partial charge is 0.362 e. The van der Waals surface area contributed by atoms with Crippen LogP contribution in [0, 0.1) is 13.8 Å². The Balaban J connectivity index is 0.00000128. The first-order valence-corrected chi connectivity index (χ1v) is 6.36. The molecule has 1 N–H and O–H groups in total. The van der Waals surface area contributed by atoms with Gasteiger partial charge in [0.15, 0.2) is 5.17 Å². The maximum atomic E-state index is 4.67. The van der Waals surface area contributed by atoms with Crippen molar-refractivity contribution in [1.29, 1.82) is 0 Å². The molecule has 0 aromatic heterocycles. The molecule has 88 valence electrons.